The third-order valence-electron chi connectivity index (χ3n) is 3.78. The summed E-state index contributed by atoms with van der Waals surface area (Å²) in [4.78, 5) is 3.94. The second kappa shape index (κ2) is 5.12. The SMILES string of the molecule is Cc1nc(S(N)(=O)=O)cn1C1CCCC(S(C)(=O)=O)C1. The van der Waals surface area contributed by atoms with Crippen LogP contribution in [-0.2, 0) is 19.9 Å². The monoisotopic (exact) mass is 321 g/mol. The summed E-state index contributed by atoms with van der Waals surface area (Å²) >= 11 is 0. The number of sulfonamides is 1. The Labute approximate surface area is 119 Å². The van der Waals surface area contributed by atoms with E-state index in [2.05, 4.69) is 4.98 Å². The maximum absolute atomic E-state index is 11.7. The maximum Gasteiger partial charge on any atom is 0.257 e. The van der Waals surface area contributed by atoms with Crippen LogP contribution in [-0.4, -0.2) is 37.9 Å². The number of rotatable bonds is 3. The molecule has 1 aliphatic rings. The third-order valence-corrected chi connectivity index (χ3v) is 6.20. The Kier molecular flexibility index (Phi) is 3.96. The number of imidazole rings is 1. The van der Waals surface area contributed by atoms with E-state index in [1.54, 1.807) is 11.5 Å². The summed E-state index contributed by atoms with van der Waals surface area (Å²) in [5.74, 6) is 0.535. The van der Waals surface area contributed by atoms with Gasteiger partial charge in [-0.3, -0.25) is 0 Å². The van der Waals surface area contributed by atoms with E-state index in [1.807, 2.05) is 0 Å². The Morgan fingerprint density at radius 2 is 1.95 bits per heavy atom. The first-order chi connectivity index (χ1) is 9.09. The van der Waals surface area contributed by atoms with Gasteiger partial charge in [-0.15, -0.1) is 0 Å². The molecule has 0 spiro atoms. The minimum atomic E-state index is -3.84. The van der Waals surface area contributed by atoms with Crippen LogP contribution in [0.25, 0.3) is 0 Å². The summed E-state index contributed by atoms with van der Waals surface area (Å²) in [5, 5.41) is 4.52. The van der Waals surface area contributed by atoms with Crippen LogP contribution in [0.3, 0.4) is 0 Å². The van der Waals surface area contributed by atoms with Gasteiger partial charge in [-0.1, -0.05) is 6.42 Å². The molecule has 2 atom stereocenters. The van der Waals surface area contributed by atoms with Crippen molar-refractivity contribution < 1.29 is 16.8 Å². The molecule has 2 N–H and O–H groups in total. The van der Waals surface area contributed by atoms with Crippen molar-refractivity contribution in [2.75, 3.05) is 6.26 Å². The van der Waals surface area contributed by atoms with Gasteiger partial charge in [0.2, 0.25) is 0 Å². The van der Waals surface area contributed by atoms with E-state index in [4.69, 9.17) is 5.14 Å². The lowest BCUT2D eigenvalue weighted by atomic mass is 9.95. The van der Waals surface area contributed by atoms with Gasteiger partial charge in [0, 0.05) is 18.5 Å². The molecule has 0 radical (unpaired) electrons. The molecule has 1 saturated carbocycles. The highest BCUT2D eigenvalue weighted by Crippen LogP contribution is 2.33. The first kappa shape index (κ1) is 15.5. The Morgan fingerprint density at radius 3 is 2.45 bits per heavy atom. The van der Waals surface area contributed by atoms with Gasteiger partial charge in [0.1, 0.15) is 15.7 Å². The van der Waals surface area contributed by atoms with Gasteiger partial charge in [-0.2, -0.15) is 0 Å². The maximum atomic E-state index is 11.7. The van der Waals surface area contributed by atoms with Gasteiger partial charge in [0.05, 0.1) is 5.25 Å². The Balaban J connectivity index is 2.30. The highest BCUT2D eigenvalue weighted by Gasteiger charge is 2.31. The van der Waals surface area contributed by atoms with Crippen molar-refractivity contribution in [1.29, 1.82) is 0 Å². The molecule has 2 rings (SSSR count). The fourth-order valence-electron chi connectivity index (χ4n) is 2.73. The molecule has 0 bridgehead atoms. The second-order valence-electron chi connectivity index (χ2n) is 5.35. The van der Waals surface area contributed by atoms with Crippen LogP contribution < -0.4 is 5.14 Å². The molecule has 1 fully saturated rings. The molecule has 7 nitrogen and oxygen atoms in total. The van der Waals surface area contributed by atoms with Crippen molar-refractivity contribution in [3.05, 3.63) is 12.0 Å². The van der Waals surface area contributed by atoms with Gasteiger partial charge in [0.25, 0.3) is 10.0 Å². The van der Waals surface area contributed by atoms with Crippen LogP contribution in [0.5, 0.6) is 0 Å². The van der Waals surface area contributed by atoms with Crippen molar-refractivity contribution in [3.63, 3.8) is 0 Å². The third kappa shape index (κ3) is 3.21. The number of nitrogens with zero attached hydrogens (tertiary/aromatic N) is 2. The van der Waals surface area contributed by atoms with Gasteiger partial charge >= 0.3 is 0 Å². The fourth-order valence-corrected chi connectivity index (χ4v) is 4.41. The quantitative estimate of drug-likeness (QED) is 0.864. The highest BCUT2D eigenvalue weighted by molar-refractivity contribution is 7.91. The zero-order chi connectivity index (χ0) is 15.1. The molecule has 0 aliphatic heterocycles. The Bertz CT molecular complexity index is 706. The van der Waals surface area contributed by atoms with E-state index < -0.39 is 19.9 Å². The molecule has 20 heavy (non-hydrogen) atoms. The van der Waals surface area contributed by atoms with Crippen molar-refractivity contribution in [2.45, 2.75) is 48.9 Å². The van der Waals surface area contributed by atoms with E-state index >= 15 is 0 Å². The molecule has 1 aromatic rings. The Hall–Kier alpha value is -0.930. The molecule has 9 heteroatoms. The largest absolute Gasteiger partial charge is 0.331 e. The molecule has 0 amide bonds. The van der Waals surface area contributed by atoms with E-state index in [0.717, 1.165) is 12.8 Å². The molecule has 1 aliphatic carbocycles. The smallest absolute Gasteiger partial charge is 0.257 e. The first-order valence-corrected chi connectivity index (χ1v) is 9.86. The molecule has 0 saturated heterocycles. The summed E-state index contributed by atoms with van der Waals surface area (Å²) in [7, 11) is -6.91. The van der Waals surface area contributed by atoms with E-state index in [1.165, 1.54) is 12.5 Å². The summed E-state index contributed by atoms with van der Waals surface area (Å²) in [5.41, 5.74) is 0. The minimum Gasteiger partial charge on any atom is -0.331 e. The number of aryl methyl sites for hydroxylation is 1. The number of hydrogen-bond donors (Lipinski definition) is 1. The normalized spacial score (nSPS) is 24.8. The van der Waals surface area contributed by atoms with Crippen LogP contribution in [0.15, 0.2) is 11.2 Å². The predicted octanol–water partition coefficient (Wildman–Crippen LogP) is 0.367. The second-order valence-corrected chi connectivity index (χ2v) is 9.18. The van der Waals surface area contributed by atoms with E-state index in [0.29, 0.717) is 18.7 Å². The van der Waals surface area contributed by atoms with Crippen LogP contribution in [0.4, 0.5) is 0 Å². The summed E-state index contributed by atoms with van der Waals surface area (Å²) < 4.78 is 47.7. The number of aromatic nitrogens is 2. The van der Waals surface area contributed by atoms with Crippen LogP contribution >= 0.6 is 0 Å². The lowest BCUT2D eigenvalue weighted by Gasteiger charge is -2.29. The minimum absolute atomic E-state index is 0.0496. The van der Waals surface area contributed by atoms with E-state index in [9.17, 15) is 16.8 Å². The molecule has 0 aromatic carbocycles. The van der Waals surface area contributed by atoms with E-state index in [-0.39, 0.29) is 16.3 Å². The molecule has 2 unspecified atom stereocenters. The number of hydrogen-bond acceptors (Lipinski definition) is 5. The molecular weight excluding hydrogens is 302 g/mol. The predicted molar refractivity (Wildman–Crippen MR) is 74.5 cm³/mol. The van der Waals surface area contributed by atoms with Crippen molar-refractivity contribution >= 4 is 19.9 Å². The Morgan fingerprint density at radius 1 is 1.30 bits per heavy atom. The first-order valence-electron chi connectivity index (χ1n) is 6.36. The summed E-state index contributed by atoms with van der Waals surface area (Å²) in [6.45, 7) is 1.69. The lowest BCUT2D eigenvalue weighted by Crippen LogP contribution is -2.29. The van der Waals surface area contributed by atoms with Gasteiger partial charge in [0.15, 0.2) is 5.03 Å². The molecule has 1 aromatic heterocycles. The number of nitrogens with two attached hydrogens (primary N) is 1. The summed E-state index contributed by atoms with van der Waals surface area (Å²) in [6, 6.07) is -0.0496. The lowest BCUT2D eigenvalue weighted by molar-refractivity contribution is 0.347. The molecule has 1 heterocycles. The molecular formula is C11H19N3O4S2. The highest BCUT2D eigenvalue weighted by atomic mass is 32.2. The van der Waals surface area contributed by atoms with Crippen LogP contribution in [0.2, 0.25) is 0 Å². The van der Waals surface area contributed by atoms with Crippen LogP contribution in [0.1, 0.15) is 37.5 Å². The topological polar surface area (TPSA) is 112 Å². The van der Waals surface area contributed by atoms with Gasteiger partial charge < -0.3 is 4.57 Å². The van der Waals surface area contributed by atoms with Gasteiger partial charge in [-0.25, -0.2) is 27.0 Å². The number of sulfone groups is 1. The zero-order valence-corrected chi connectivity index (χ0v) is 13.1. The average molecular weight is 321 g/mol. The summed E-state index contributed by atoms with van der Waals surface area (Å²) in [6.07, 6.45) is 5.40. The number of primary sulfonamides is 1. The average Bonchev–Trinajstić information content (AvgIpc) is 2.70. The molecule has 114 valence electrons. The van der Waals surface area contributed by atoms with Crippen molar-refractivity contribution in [3.8, 4) is 0 Å². The fraction of sp³-hybridized carbons (Fsp3) is 0.727. The zero-order valence-electron chi connectivity index (χ0n) is 11.5. The van der Waals surface area contributed by atoms with Gasteiger partial charge in [-0.05, 0) is 26.2 Å². The van der Waals surface area contributed by atoms with Crippen molar-refractivity contribution in [1.82, 2.24) is 9.55 Å². The standard InChI is InChI=1S/C11H19N3O4S2/c1-8-13-11(20(12,17)18)7-14(8)9-4-3-5-10(6-9)19(2,15)16/h7,9-10H,3-6H2,1-2H3,(H2,12,17,18). The van der Waals surface area contributed by atoms with Crippen molar-refractivity contribution in [2.24, 2.45) is 5.14 Å². The van der Waals surface area contributed by atoms with Crippen LogP contribution in [0, 0.1) is 6.92 Å².